The largest absolute Gasteiger partial charge is 0.352 e. The zero-order valence-electron chi connectivity index (χ0n) is 16.0. The van der Waals surface area contributed by atoms with E-state index in [0.717, 1.165) is 37.4 Å². The Morgan fingerprint density at radius 1 is 1.11 bits per heavy atom. The van der Waals surface area contributed by atoms with E-state index in [0.29, 0.717) is 17.4 Å². The Bertz CT molecular complexity index is 978. The molecule has 8 heteroatoms. The molecule has 0 atom stereocenters. The third-order valence-electron chi connectivity index (χ3n) is 4.97. The van der Waals surface area contributed by atoms with Gasteiger partial charge in [-0.25, -0.2) is 18.7 Å². The first-order valence-electron chi connectivity index (χ1n) is 9.75. The third-order valence-corrected chi connectivity index (χ3v) is 4.97. The second-order valence-electron chi connectivity index (χ2n) is 7.55. The van der Waals surface area contributed by atoms with Crippen molar-refractivity contribution in [2.45, 2.75) is 58.0 Å². The van der Waals surface area contributed by atoms with Crippen LogP contribution in [-0.2, 0) is 0 Å². The van der Waals surface area contributed by atoms with Crippen molar-refractivity contribution in [1.82, 2.24) is 19.5 Å². The fourth-order valence-corrected chi connectivity index (χ4v) is 3.70. The third kappa shape index (κ3) is 3.76. The quantitative estimate of drug-likeness (QED) is 0.633. The maximum absolute atomic E-state index is 14.2. The fraction of sp³-hybridized carbons (Fsp3) is 0.450. The van der Waals surface area contributed by atoms with E-state index in [1.54, 1.807) is 6.20 Å². The lowest BCUT2D eigenvalue weighted by atomic mass is 9.95. The van der Waals surface area contributed by atoms with Crippen molar-refractivity contribution in [3.05, 3.63) is 36.0 Å². The molecule has 148 valence electrons. The molecule has 1 saturated carbocycles. The Morgan fingerprint density at radius 2 is 1.89 bits per heavy atom. The predicted molar refractivity (Wildman–Crippen MR) is 106 cm³/mol. The number of imidazole rings is 1. The number of hydrogen-bond donors (Lipinski definition) is 2. The zero-order valence-corrected chi connectivity index (χ0v) is 16.0. The summed E-state index contributed by atoms with van der Waals surface area (Å²) in [5.74, 6) is -0.225. The van der Waals surface area contributed by atoms with Crippen LogP contribution in [0, 0.1) is 11.6 Å². The molecule has 0 spiro atoms. The molecule has 2 heterocycles. The molecule has 0 unspecified atom stereocenters. The number of hydrogen-bond acceptors (Lipinski definition) is 5. The number of anilines is 3. The molecule has 0 saturated heterocycles. The minimum Gasteiger partial charge on any atom is -0.352 e. The summed E-state index contributed by atoms with van der Waals surface area (Å²) in [7, 11) is 0. The van der Waals surface area contributed by atoms with Crippen LogP contribution < -0.4 is 10.6 Å². The monoisotopic (exact) mass is 386 g/mol. The van der Waals surface area contributed by atoms with E-state index in [4.69, 9.17) is 0 Å². The summed E-state index contributed by atoms with van der Waals surface area (Å²) < 4.78 is 29.5. The maximum atomic E-state index is 14.2. The summed E-state index contributed by atoms with van der Waals surface area (Å²) in [6.45, 7) is 4.05. The minimum absolute atomic E-state index is 0.183. The van der Waals surface area contributed by atoms with E-state index in [9.17, 15) is 8.78 Å². The zero-order chi connectivity index (χ0) is 19.7. The van der Waals surface area contributed by atoms with Crippen LogP contribution in [0.25, 0.3) is 11.2 Å². The molecule has 2 N–H and O–H groups in total. The molecule has 1 aliphatic carbocycles. The van der Waals surface area contributed by atoms with Crippen LogP contribution in [0.5, 0.6) is 0 Å². The summed E-state index contributed by atoms with van der Waals surface area (Å²) in [6.07, 6.45) is 7.20. The first-order valence-corrected chi connectivity index (χ1v) is 9.75. The molecule has 28 heavy (non-hydrogen) atoms. The molecule has 1 fully saturated rings. The van der Waals surface area contributed by atoms with E-state index in [-0.39, 0.29) is 17.8 Å². The predicted octanol–water partition coefficient (Wildman–Crippen LogP) is 5.17. The molecule has 0 radical (unpaired) electrons. The van der Waals surface area contributed by atoms with Gasteiger partial charge in [-0.05, 0) is 38.8 Å². The highest BCUT2D eigenvalue weighted by Gasteiger charge is 2.23. The lowest BCUT2D eigenvalue weighted by Crippen LogP contribution is -2.17. The van der Waals surface area contributed by atoms with Gasteiger partial charge in [-0.2, -0.15) is 4.98 Å². The SMILES string of the molecule is CC(C)Nc1ncc2nc(Nc3ccc(F)cc3F)n(C3CCCCC3)c2n1. The van der Waals surface area contributed by atoms with Gasteiger partial charge in [0.25, 0.3) is 0 Å². The lowest BCUT2D eigenvalue weighted by molar-refractivity contribution is 0.361. The standard InChI is InChI=1S/C20H24F2N6/c1-12(2)24-19-23-11-17-18(27-19)28(14-6-4-3-5-7-14)20(26-17)25-16-9-8-13(21)10-15(16)22/h8-12,14H,3-7H2,1-2H3,(H,25,26)(H,23,24,27). The van der Waals surface area contributed by atoms with Crippen molar-refractivity contribution < 1.29 is 8.78 Å². The van der Waals surface area contributed by atoms with Gasteiger partial charge < -0.3 is 10.6 Å². The fourth-order valence-electron chi connectivity index (χ4n) is 3.70. The van der Waals surface area contributed by atoms with E-state index in [1.807, 2.05) is 18.4 Å². The van der Waals surface area contributed by atoms with E-state index in [1.165, 1.54) is 18.6 Å². The Morgan fingerprint density at radius 3 is 2.61 bits per heavy atom. The molecular formula is C20H24F2N6. The topological polar surface area (TPSA) is 67.7 Å². The highest BCUT2D eigenvalue weighted by Crippen LogP contribution is 2.35. The van der Waals surface area contributed by atoms with Gasteiger partial charge in [0.2, 0.25) is 11.9 Å². The average Bonchev–Trinajstić information content (AvgIpc) is 3.01. The number of rotatable bonds is 5. The summed E-state index contributed by atoms with van der Waals surface area (Å²) in [5.41, 5.74) is 1.54. The van der Waals surface area contributed by atoms with Gasteiger partial charge >= 0.3 is 0 Å². The normalized spacial score (nSPS) is 15.3. The van der Waals surface area contributed by atoms with E-state index >= 15 is 0 Å². The molecule has 3 aromatic rings. The van der Waals surface area contributed by atoms with Crippen molar-refractivity contribution in [3.63, 3.8) is 0 Å². The van der Waals surface area contributed by atoms with Gasteiger partial charge in [0.05, 0.1) is 11.9 Å². The molecule has 1 aliphatic rings. The number of halogens is 2. The Balaban J connectivity index is 1.79. The number of nitrogens with zero attached hydrogens (tertiary/aromatic N) is 4. The van der Waals surface area contributed by atoms with Gasteiger partial charge in [0.15, 0.2) is 5.65 Å². The maximum Gasteiger partial charge on any atom is 0.224 e. The van der Waals surface area contributed by atoms with Crippen LogP contribution in [0.1, 0.15) is 52.0 Å². The van der Waals surface area contributed by atoms with Crippen molar-refractivity contribution in [1.29, 1.82) is 0 Å². The van der Waals surface area contributed by atoms with E-state index in [2.05, 4.69) is 25.6 Å². The molecular weight excluding hydrogens is 362 g/mol. The highest BCUT2D eigenvalue weighted by molar-refractivity contribution is 5.76. The van der Waals surface area contributed by atoms with Crippen LogP contribution in [0.2, 0.25) is 0 Å². The summed E-state index contributed by atoms with van der Waals surface area (Å²) in [6, 6.07) is 3.90. The number of aromatic nitrogens is 4. The number of fused-ring (bicyclic) bond motifs is 1. The van der Waals surface area contributed by atoms with Gasteiger partial charge in [0.1, 0.15) is 17.2 Å². The Labute approximate surface area is 162 Å². The molecule has 2 aromatic heterocycles. The molecule has 6 nitrogen and oxygen atoms in total. The molecule has 0 amide bonds. The average molecular weight is 386 g/mol. The minimum atomic E-state index is -0.657. The first-order chi connectivity index (χ1) is 13.5. The Hall–Kier alpha value is -2.77. The second-order valence-corrected chi connectivity index (χ2v) is 7.55. The van der Waals surface area contributed by atoms with Crippen molar-refractivity contribution in [2.24, 2.45) is 0 Å². The van der Waals surface area contributed by atoms with Crippen molar-refractivity contribution in [2.75, 3.05) is 10.6 Å². The molecule has 0 bridgehead atoms. The van der Waals surface area contributed by atoms with Crippen LogP contribution in [0.3, 0.4) is 0 Å². The molecule has 4 rings (SSSR count). The van der Waals surface area contributed by atoms with Gasteiger partial charge in [-0.15, -0.1) is 0 Å². The lowest BCUT2D eigenvalue weighted by Gasteiger charge is -2.25. The van der Waals surface area contributed by atoms with E-state index < -0.39 is 11.6 Å². The van der Waals surface area contributed by atoms with Gasteiger partial charge in [-0.1, -0.05) is 19.3 Å². The number of benzene rings is 1. The van der Waals surface area contributed by atoms with Crippen LogP contribution in [-0.4, -0.2) is 25.6 Å². The summed E-state index contributed by atoms with van der Waals surface area (Å²) >= 11 is 0. The Kier molecular flexibility index (Phi) is 5.11. The van der Waals surface area contributed by atoms with Gasteiger partial charge in [0, 0.05) is 18.2 Å². The van der Waals surface area contributed by atoms with Crippen molar-refractivity contribution in [3.8, 4) is 0 Å². The van der Waals surface area contributed by atoms with Gasteiger partial charge in [-0.3, -0.25) is 4.57 Å². The smallest absolute Gasteiger partial charge is 0.224 e. The van der Waals surface area contributed by atoms with Crippen LogP contribution >= 0.6 is 0 Å². The van der Waals surface area contributed by atoms with Crippen molar-refractivity contribution >= 4 is 28.7 Å². The summed E-state index contributed by atoms with van der Waals surface area (Å²) in [5, 5.41) is 6.25. The number of nitrogens with one attached hydrogen (secondary N) is 2. The second kappa shape index (κ2) is 7.69. The summed E-state index contributed by atoms with van der Waals surface area (Å²) in [4.78, 5) is 13.6. The van der Waals surface area contributed by atoms with Crippen LogP contribution in [0.15, 0.2) is 24.4 Å². The molecule has 0 aliphatic heterocycles. The van der Waals surface area contributed by atoms with Crippen LogP contribution in [0.4, 0.5) is 26.4 Å². The highest BCUT2D eigenvalue weighted by atomic mass is 19.1. The first kappa shape index (κ1) is 18.6. The molecule has 1 aromatic carbocycles.